The third-order valence-corrected chi connectivity index (χ3v) is 3.16. The van der Waals surface area contributed by atoms with Gasteiger partial charge in [0, 0.05) is 18.8 Å². The fourth-order valence-corrected chi connectivity index (χ4v) is 2.04. The van der Waals surface area contributed by atoms with Gasteiger partial charge in [-0.2, -0.15) is 10.2 Å². The molecule has 9 nitrogen and oxygen atoms in total. The van der Waals surface area contributed by atoms with Crippen LogP contribution in [0, 0.1) is 0 Å². The minimum absolute atomic E-state index is 0.00185. The molecule has 0 aliphatic carbocycles. The molecule has 0 fully saturated rings. The van der Waals surface area contributed by atoms with Gasteiger partial charge in [0.25, 0.3) is 11.8 Å². The summed E-state index contributed by atoms with van der Waals surface area (Å²) in [4.78, 5) is 23.6. The van der Waals surface area contributed by atoms with Gasteiger partial charge in [-0.25, -0.2) is 0 Å². The molecule has 3 rings (SSSR count). The molecule has 2 amide bonds. The van der Waals surface area contributed by atoms with E-state index in [0.717, 1.165) is 0 Å². The number of nitrogens with one attached hydrogen (secondary N) is 2. The van der Waals surface area contributed by atoms with Gasteiger partial charge in [0.1, 0.15) is 5.69 Å². The standard InChI is InChI=1S/C14H14N6O3/c1-2-20-7-10(12(19-20)13(15)21)16-14(22)9-6-8(17-18-9)11-4-3-5-23-11/h3-7H,2H2,1H3,(H2,15,21)(H,16,22)(H,17,18). The summed E-state index contributed by atoms with van der Waals surface area (Å²) in [5, 5.41) is 13.2. The topological polar surface area (TPSA) is 132 Å². The normalized spacial score (nSPS) is 10.7. The quantitative estimate of drug-likeness (QED) is 0.651. The first kappa shape index (κ1) is 14.6. The number of nitrogens with zero attached hydrogens (tertiary/aromatic N) is 3. The molecule has 23 heavy (non-hydrogen) atoms. The van der Waals surface area contributed by atoms with E-state index in [1.54, 1.807) is 18.2 Å². The highest BCUT2D eigenvalue weighted by Crippen LogP contribution is 2.19. The molecule has 0 saturated carbocycles. The number of aromatic nitrogens is 4. The molecule has 0 atom stereocenters. The summed E-state index contributed by atoms with van der Waals surface area (Å²) in [6, 6.07) is 5.02. The Bertz CT molecular complexity index is 846. The molecule has 0 aliphatic heterocycles. The summed E-state index contributed by atoms with van der Waals surface area (Å²) in [6.07, 6.45) is 3.06. The number of nitrogens with two attached hydrogens (primary N) is 1. The second kappa shape index (κ2) is 5.79. The second-order valence-electron chi connectivity index (χ2n) is 4.71. The van der Waals surface area contributed by atoms with Crippen LogP contribution in [0.1, 0.15) is 27.9 Å². The van der Waals surface area contributed by atoms with E-state index in [1.807, 2.05) is 6.92 Å². The van der Waals surface area contributed by atoms with Gasteiger partial charge in [0.15, 0.2) is 17.1 Å². The first-order chi connectivity index (χ1) is 11.1. The van der Waals surface area contributed by atoms with Crippen molar-refractivity contribution in [1.29, 1.82) is 0 Å². The first-order valence-electron chi connectivity index (χ1n) is 6.86. The van der Waals surface area contributed by atoms with E-state index in [9.17, 15) is 9.59 Å². The van der Waals surface area contributed by atoms with Crippen LogP contribution in [-0.2, 0) is 6.54 Å². The number of hydrogen-bond donors (Lipinski definition) is 3. The van der Waals surface area contributed by atoms with Crippen molar-refractivity contribution in [2.75, 3.05) is 5.32 Å². The van der Waals surface area contributed by atoms with Crippen molar-refractivity contribution in [2.24, 2.45) is 5.73 Å². The third kappa shape index (κ3) is 2.84. The lowest BCUT2D eigenvalue weighted by molar-refractivity contribution is 0.0995. The van der Waals surface area contributed by atoms with E-state index in [2.05, 4.69) is 20.6 Å². The average molecular weight is 314 g/mol. The van der Waals surface area contributed by atoms with Crippen LogP contribution in [0.25, 0.3) is 11.5 Å². The summed E-state index contributed by atoms with van der Waals surface area (Å²) in [6.45, 7) is 2.40. The number of furan rings is 1. The highest BCUT2D eigenvalue weighted by atomic mass is 16.3. The zero-order chi connectivity index (χ0) is 16.4. The number of aromatic amines is 1. The van der Waals surface area contributed by atoms with E-state index in [-0.39, 0.29) is 17.1 Å². The Balaban J connectivity index is 1.82. The summed E-state index contributed by atoms with van der Waals surface area (Å²) in [5.41, 5.74) is 6.23. The molecule has 4 N–H and O–H groups in total. The van der Waals surface area contributed by atoms with Crippen molar-refractivity contribution >= 4 is 17.5 Å². The van der Waals surface area contributed by atoms with Crippen molar-refractivity contribution in [2.45, 2.75) is 13.5 Å². The Labute approximate surface area is 130 Å². The lowest BCUT2D eigenvalue weighted by atomic mass is 10.3. The zero-order valence-electron chi connectivity index (χ0n) is 12.2. The average Bonchev–Trinajstić information content (AvgIpc) is 3.26. The highest BCUT2D eigenvalue weighted by Gasteiger charge is 2.19. The van der Waals surface area contributed by atoms with Crippen molar-refractivity contribution in [3.8, 4) is 11.5 Å². The summed E-state index contributed by atoms with van der Waals surface area (Å²) in [7, 11) is 0. The van der Waals surface area contributed by atoms with Crippen LogP contribution in [0.4, 0.5) is 5.69 Å². The van der Waals surface area contributed by atoms with Gasteiger partial charge < -0.3 is 15.5 Å². The van der Waals surface area contributed by atoms with Crippen molar-refractivity contribution in [3.63, 3.8) is 0 Å². The lowest BCUT2D eigenvalue weighted by Gasteiger charge is -2.00. The molecule has 0 aliphatic rings. The Morgan fingerprint density at radius 2 is 2.30 bits per heavy atom. The zero-order valence-corrected chi connectivity index (χ0v) is 12.2. The van der Waals surface area contributed by atoms with Crippen LogP contribution in [0.3, 0.4) is 0 Å². The van der Waals surface area contributed by atoms with Crippen molar-refractivity contribution in [1.82, 2.24) is 20.0 Å². The molecule has 0 saturated heterocycles. The summed E-state index contributed by atoms with van der Waals surface area (Å²) in [5.74, 6) is -0.642. The predicted octanol–water partition coefficient (Wildman–Crippen LogP) is 1.24. The predicted molar refractivity (Wildman–Crippen MR) is 80.7 cm³/mol. The Kier molecular flexibility index (Phi) is 3.67. The van der Waals surface area contributed by atoms with Crippen LogP contribution in [-0.4, -0.2) is 31.8 Å². The number of hydrogen-bond acceptors (Lipinski definition) is 5. The smallest absolute Gasteiger partial charge is 0.276 e. The molecule has 3 heterocycles. The number of carbonyl (C=O) groups excluding carboxylic acids is 2. The fourth-order valence-electron chi connectivity index (χ4n) is 2.04. The van der Waals surface area contributed by atoms with Crippen LogP contribution in [0.5, 0.6) is 0 Å². The summed E-state index contributed by atoms with van der Waals surface area (Å²) >= 11 is 0. The van der Waals surface area contributed by atoms with Gasteiger partial charge in [-0.05, 0) is 19.1 Å². The molecular formula is C14H14N6O3. The maximum atomic E-state index is 12.3. The third-order valence-electron chi connectivity index (χ3n) is 3.16. The molecule has 9 heteroatoms. The molecule has 3 aromatic rings. The second-order valence-corrected chi connectivity index (χ2v) is 4.71. The van der Waals surface area contributed by atoms with Gasteiger partial charge >= 0.3 is 0 Å². The first-order valence-corrected chi connectivity index (χ1v) is 6.86. The maximum Gasteiger partial charge on any atom is 0.276 e. The van der Waals surface area contributed by atoms with Crippen molar-refractivity contribution in [3.05, 3.63) is 42.0 Å². The molecule has 0 bridgehead atoms. The number of H-pyrrole nitrogens is 1. The van der Waals surface area contributed by atoms with Crippen molar-refractivity contribution < 1.29 is 14.0 Å². The molecule has 0 unspecified atom stereocenters. The molecule has 0 spiro atoms. The molecule has 0 aromatic carbocycles. The lowest BCUT2D eigenvalue weighted by Crippen LogP contribution is -2.18. The summed E-state index contributed by atoms with van der Waals surface area (Å²) < 4.78 is 6.73. The number of amides is 2. The molecule has 3 aromatic heterocycles. The fraction of sp³-hybridized carbons (Fsp3) is 0.143. The molecular weight excluding hydrogens is 300 g/mol. The van der Waals surface area contributed by atoms with Gasteiger partial charge in [-0.3, -0.25) is 19.4 Å². The van der Waals surface area contributed by atoms with Gasteiger partial charge in [-0.1, -0.05) is 0 Å². The van der Waals surface area contributed by atoms with Crippen LogP contribution in [0.2, 0.25) is 0 Å². The van der Waals surface area contributed by atoms with E-state index >= 15 is 0 Å². The van der Waals surface area contributed by atoms with E-state index in [0.29, 0.717) is 18.0 Å². The van der Waals surface area contributed by atoms with Crippen LogP contribution in [0.15, 0.2) is 35.1 Å². The van der Waals surface area contributed by atoms with Crippen LogP contribution >= 0.6 is 0 Å². The number of anilines is 1. The molecule has 118 valence electrons. The maximum absolute atomic E-state index is 12.3. The highest BCUT2D eigenvalue weighted by molar-refractivity contribution is 6.07. The minimum atomic E-state index is -0.717. The number of carbonyl (C=O) groups is 2. The van der Waals surface area contributed by atoms with E-state index in [1.165, 1.54) is 17.1 Å². The van der Waals surface area contributed by atoms with Gasteiger partial charge in [0.05, 0.1) is 12.0 Å². The van der Waals surface area contributed by atoms with Gasteiger partial charge in [-0.15, -0.1) is 0 Å². The number of rotatable bonds is 5. The van der Waals surface area contributed by atoms with E-state index < -0.39 is 11.8 Å². The Morgan fingerprint density at radius 3 is 2.96 bits per heavy atom. The largest absolute Gasteiger partial charge is 0.463 e. The Morgan fingerprint density at radius 1 is 1.48 bits per heavy atom. The number of aryl methyl sites for hydroxylation is 1. The van der Waals surface area contributed by atoms with Gasteiger partial charge in [0.2, 0.25) is 0 Å². The van der Waals surface area contributed by atoms with Crippen LogP contribution < -0.4 is 11.1 Å². The Hall–Kier alpha value is -3.36. The monoisotopic (exact) mass is 314 g/mol. The minimum Gasteiger partial charge on any atom is -0.463 e. The number of primary amides is 1. The SMILES string of the molecule is CCn1cc(NC(=O)c2cc(-c3ccco3)[nH]n2)c(C(N)=O)n1. The van der Waals surface area contributed by atoms with E-state index in [4.69, 9.17) is 10.2 Å². The molecule has 0 radical (unpaired) electrons.